The lowest BCUT2D eigenvalue weighted by atomic mass is 10.3. The van der Waals surface area contributed by atoms with Crippen LogP contribution in [-0.4, -0.2) is 32.3 Å². The van der Waals surface area contributed by atoms with Crippen molar-refractivity contribution in [2.24, 2.45) is 0 Å². The van der Waals surface area contributed by atoms with E-state index >= 15 is 0 Å². The molecule has 0 saturated heterocycles. The van der Waals surface area contributed by atoms with Crippen LogP contribution in [0.4, 0.5) is 13.2 Å². The molecule has 0 aliphatic heterocycles. The molecule has 7 heteroatoms. The zero-order valence-electron chi connectivity index (χ0n) is 9.58. The summed E-state index contributed by atoms with van der Waals surface area (Å²) in [6.45, 7) is -1.83. The fraction of sp³-hybridized carbons (Fsp3) is 0.364. The van der Waals surface area contributed by atoms with Gasteiger partial charge >= 0.3 is 6.18 Å². The molecular formula is C11H12F3NO3. The average molecular weight is 263 g/mol. The van der Waals surface area contributed by atoms with Crippen LogP contribution >= 0.6 is 0 Å². The molecule has 1 aromatic rings. The van der Waals surface area contributed by atoms with Gasteiger partial charge in [-0.05, 0) is 24.3 Å². The summed E-state index contributed by atoms with van der Waals surface area (Å²) < 4.78 is 45.3. The number of rotatable bonds is 5. The molecule has 0 radical (unpaired) electrons. The second-order valence-corrected chi connectivity index (χ2v) is 3.36. The van der Waals surface area contributed by atoms with Gasteiger partial charge in [-0.1, -0.05) is 0 Å². The number of halogens is 3. The van der Waals surface area contributed by atoms with E-state index in [1.807, 2.05) is 0 Å². The molecule has 1 aromatic carbocycles. The zero-order valence-corrected chi connectivity index (χ0v) is 9.58. The maximum absolute atomic E-state index is 11.8. The minimum absolute atomic E-state index is 0.373. The lowest BCUT2D eigenvalue weighted by molar-refractivity contribution is -0.139. The van der Waals surface area contributed by atoms with E-state index < -0.39 is 25.2 Å². The lowest BCUT2D eigenvalue weighted by Crippen LogP contribution is -2.36. The molecule has 0 aromatic heterocycles. The predicted molar refractivity (Wildman–Crippen MR) is 57.6 cm³/mol. The number of hydrogen-bond donors (Lipinski definition) is 1. The van der Waals surface area contributed by atoms with Crippen LogP contribution in [0.5, 0.6) is 11.5 Å². The first-order valence-electron chi connectivity index (χ1n) is 5.01. The fourth-order valence-corrected chi connectivity index (χ4v) is 1.07. The molecule has 1 N–H and O–H groups in total. The SMILES string of the molecule is COc1ccc(OCC(=O)NCC(F)(F)F)cc1. The molecule has 0 unspecified atom stereocenters. The largest absolute Gasteiger partial charge is 0.497 e. The fourth-order valence-electron chi connectivity index (χ4n) is 1.07. The summed E-state index contributed by atoms with van der Waals surface area (Å²) in [5.74, 6) is 0.157. The molecule has 1 amide bonds. The monoisotopic (exact) mass is 263 g/mol. The van der Waals surface area contributed by atoms with Crippen LogP contribution in [0.1, 0.15) is 0 Å². The third-order valence-electron chi connectivity index (χ3n) is 1.92. The Kier molecular flexibility index (Phi) is 4.82. The van der Waals surface area contributed by atoms with Gasteiger partial charge in [0, 0.05) is 0 Å². The highest BCUT2D eigenvalue weighted by Crippen LogP contribution is 2.16. The maximum atomic E-state index is 11.8. The summed E-state index contributed by atoms with van der Waals surface area (Å²) in [6, 6.07) is 6.33. The Balaban J connectivity index is 2.33. The van der Waals surface area contributed by atoms with Gasteiger partial charge in [0.15, 0.2) is 6.61 Å². The highest BCUT2D eigenvalue weighted by atomic mass is 19.4. The van der Waals surface area contributed by atoms with E-state index in [9.17, 15) is 18.0 Å². The van der Waals surface area contributed by atoms with Crippen molar-refractivity contribution in [1.82, 2.24) is 5.32 Å². The van der Waals surface area contributed by atoms with Gasteiger partial charge in [0.05, 0.1) is 7.11 Å². The number of ether oxygens (including phenoxy) is 2. The number of hydrogen-bond acceptors (Lipinski definition) is 3. The predicted octanol–water partition coefficient (Wildman–Crippen LogP) is 1.75. The maximum Gasteiger partial charge on any atom is 0.405 e. The molecule has 0 spiro atoms. The Bertz CT molecular complexity index is 390. The molecule has 0 heterocycles. The Morgan fingerprint density at radius 3 is 2.28 bits per heavy atom. The zero-order chi connectivity index (χ0) is 13.6. The number of methoxy groups -OCH3 is 1. The molecular weight excluding hydrogens is 251 g/mol. The molecule has 4 nitrogen and oxygen atoms in total. The van der Waals surface area contributed by atoms with Gasteiger partial charge in [-0.2, -0.15) is 13.2 Å². The number of nitrogens with one attached hydrogen (secondary N) is 1. The summed E-state index contributed by atoms with van der Waals surface area (Å²) in [7, 11) is 1.50. The average Bonchev–Trinajstić information content (AvgIpc) is 2.33. The van der Waals surface area contributed by atoms with Crippen LogP contribution in [0.15, 0.2) is 24.3 Å². The van der Waals surface area contributed by atoms with Gasteiger partial charge in [-0.25, -0.2) is 0 Å². The molecule has 1 rings (SSSR count). The van der Waals surface area contributed by atoms with Crippen molar-refractivity contribution >= 4 is 5.91 Å². The first kappa shape index (κ1) is 14.1. The van der Waals surface area contributed by atoms with Crippen molar-refractivity contribution in [2.45, 2.75) is 6.18 Å². The van der Waals surface area contributed by atoms with Gasteiger partial charge in [0.2, 0.25) is 0 Å². The number of amides is 1. The lowest BCUT2D eigenvalue weighted by Gasteiger charge is -2.09. The van der Waals surface area contributed by atoms with Crippen molar-refractivity contribution in [3.63, 3.8) is 0 Å². The second kappa shape index (κ2) is 6.13. The van der Waals surface area contributed by atoms with E-state index in [-0.39, 0.29) is 0 Å². The molecule has 0 aliphatic carbocycles. The smallest absolute Gasteiger partial charge is 0.405 e. The van der Waals surface area contributed by atoms with Crippen molar-refractivity contribution in [1.29, 1.82) is 0 Å². The highest BCUT2D eigenvalue weighted by Gasteiger charge is 2.27. The van der Waals surface area contributed by atoms with Crippen LogP contribution < -0.4 is 14.8 Å². The molecule has 100 valence electrons. The molecule has 0 bridgehead atoms. The van der Waals surface area contributed by atoms with Crippen LogP contribution in [0.25, 0.3) is 0 Å². The van der Waals surface area contributed by atoms with Gasteiger partial charge in [0.25, 0.3) is 5.91 Å². The standard InChI is InChI=1S/C11H12F3NO3/c1-17-8-2-4-9(5-3-8)18-6-10(16)15-7-11(12,13)14/h2-5H,6-7H2,1H3,(H,15,16). The summed E-state index contributed by atoms with van der Waals surface area (Å²) in [5, 5.41) is 1.70. The minimum atomic E-state index is -4.42. The van der Waals surface area contributed by atoms with Crippen LogP contribution in [0, 0.1) is 0 Å². The first-order valence-corrected chi connectivity index (χ1v) is 5.01. The minimum Gasteiger partial charge on any atom is -0.497 e. The van der Waals surface area contributed by atoms with Crippen LogP contribution in [0.2, 0.25) is 0 Å². The molecule has 0 atom stereocenters. The Labute approximate surface area is 102 Å². The Morgan fingerprint density at radius 1 is 1.22 bits per heavy atom. The van der Waals surface area contributed by atoms with E-state index in [1.54, 1.807) is 29.6 Å². The Hall–Kier alpha value is -1.92. The third-order valence-corrected chi connectivity index (χ3v) is 1.92. The summed E-state index contributed by atoms with van der Waals surface area (Å²) in [6.07, 6.45) is -4.42. The van der Waals surface area contributed by atoms with Gasteiger partial charge in [-0.15, -0.1) is 0 Å². The summed E-state index contributed by atoms with van der Waals surface area (Å²) >= 11 is 0. The summed E-state index contributed by atoms with van der Waals surface area (Å²) in [5.41, 5.74) is 0. The quantitative estimate of drug-likeness (QED) is 0.880. The van der Waals surface area contributed by atoms with Gasteiger partial charge < -0.3 is 14.8 Å². The van der Waals surface area contributed by atoms with Crippen molar-refractivity contribution in [2.75, 3.05) is 20.3 Å². The van der Waals surface area contributed by atoms with E-state index in [1.165, 1.54) is 7.11 Å². The van der Waals surface area contributed by atoms with Crippen molar-refractivity contribution in [3.05, 3.63) is 24.3 Å². The number of carbonyl (C=O) groups is 1. The number of alkyl halides is 3. The molecule has 0 aliphatic rings. The summed E-state index contributed by atoms with van der Waals surface area (Å²) in [4.78, 5) is 11.0. The first-order chi connectivity index (χ1) is 8.40. The van der Waals surface area contributed by atoms with Gasteiger partial charge in [-0.3, -0.25) is 4.79 Å². The highest BCUT2D eigenvalue weighted by molar-refractivity contribution is 5.77. The van der Waals surface area contributed by atoms with Crippen molar-refractivity contribution < 1.29 is 27.4 Å². The van der Waals surface area contributed by atoms with Crippen LogP contribution in [-0.2, 0) is 4.79 Å². The normalized spacial score (nSPS) is 10.9. The van der Waals surface area contributed by atoms with Crippen LogP contribution in [0.3, 0.4) is 0 Å². The molecule has 0 saturated carbocycles. The molecule has 18 heavy (non-hydrogen) atoms. The molecule has 0 fully saturated rings. The second-order valence-electron chi connectivity index (χ2n) is 3.36. The van der Waals surface area contributed by atoms with E-state index in [0.29, 0.717) is 11.5 Å². The van der Waals surface area contributed by atoms with E-state index in [4.69, 9.17) is 9.47 Å². The van der Waals surface area contributed by atoms with E-state index in [2.05, 4.69) is 0 Å². The number of benzene rings is 1. The number of carbonyl (C=O) groups excluding carboxylic acids is 1. The van der Waals surface area contributed by atoms with Gasteiger partial charge in [0.1, 0.15) is 18.0 Å². The van der Waals surface area contributed by atoms with E-state index in [0.717, 1.165) is 0 Å². The topological polar surface area (TPSA) is 47.6 Å². The third kappa shape index (κ3) is 5.42. The Morgan fingerprint density at radius 2 is 1.78 bits per heavy atom. The van der Waals surface area contributed by atoms with Crippen molar-refractivity contribution in [3.8, 4) is 11.5 Å².